The molecular weight excluding hydrogens is 653 g/mol. The van der Waals surface area contributed by atoms with Crippen LogP contribution in [-0.4, -0.2) is 28.0 Å². The molecule has 0 unspecified atom stereocenters. The first-order valence-corrected chi connectivity index (χ1v) is 12.9. The van der Waals surface area contributed by atoms with Crippen molar-refractivity contribution in [1.82, 2.24) is 0 Å². The van der Waals surface area contributed by atoms with Crippen molar-refractivity contribution in [2.75, 3.05) is 10.3 Å². The number of amides is 1. The van der Waals surface area contributed by atoms with E-state index >= 15 is 0 Å². The van der Waals surface area contributed by atoms with Crippen LogP contribution in [0.2, 0.25) is 0 Å². The molecule has 0 aromatic heterocycles. The van der Waals surface area contributed by atoms with Crippen LogP contribution >= 0.6 is 0 Å². The van der Waals surface area contributed by atoms with Crippen LogP contribution in [0, 0.1) is 0 Å². The third kappa shape index (κ3) is 6.63. The quantitative estimate of drug-likeness (QED) is 0.0645. The summed E-state index contributed by atoms with van der Waals surface area (Å²) in [6.07, 6.45) is -17.3. The smallest absolute Gasteiger partial charge is 0.505 e. The topological polar surface area (TPSA) is 111 Å². The second-order valence-electron chi connectivity index (χ2n) is 9.80. The van der Waals surface area contributed by atoms with E-state index in [2.05, 4.69) is 15.3 Å². The van der Waals surface area contributed by atoms with E-state index in [9.17, 15) is 54.2 Å². The number of halogens is 9. The van der Waals surface area contributed by atoms with Gasteiger partial charge in [-0.3, -0.25) is 15.1 Å². The molecule has 0 aliphatic carbocycles. The molecule has 47 heavy (non-hydrogen) atoms. The van der Waals surface area contributed by atoms with Crippen LogP contribution in [0.25, 0.3) is 11.1 Å². The van der Waals surface area contributed by atoms with E-state index in [0.29, 0.717) is 12.1 Å². The van der Waals surface area contributed by atoms with E-state index in [4.69, 9.17) is 5.11 Å². The molecule has 4 aromatic rings. The Bertz CT molecular complexity index is 1900. The van der Waals surface area contributed by atoms with E-state index in [-0.39, 0.29) is 51.2 Å². The molecule has 1 aliphatic rings. The Morgan fingerprint density at radius 1 is 0.745 bits per heavy atom. The Morgan fingerprint density at radius 2 is 1.36 bits per heavy atom. The first-order valence-electron chi connectivity index (χ1n) is 12.9. The lowest BCUT2D eigenvalue weighted by Gasteiger charge is -2.21. The Labute approximate surface area is 256 Å². The number of para-hydroxylation sites is 1. The lowest BCUT2D eigenvalue weighted by atomic mass is 10.0. The van der Waals surface area contributed by atoms with Gasteiger partial charge in [-0.15, -0.1) is 0 Å². The van der Waals surface area contributed by atoms with E-state index < -0.39 is 70.1 Å². The van der Waals surface area contributed by atoms with Gasteiger partial charge in [-0.1, -0.05) is 24.3 Å². The van der Waals surface area contributed by atoms with Crippen molar-refractivity contribution < 1.29 is 64.1 Å². The fourth-order valence-electron chi connectivity index (χ4n) is 4.67. The maximum absolute atomic E-state index is 13.6. The number of carbonyl (C=O) groups is 2. The van der Waals surface area contributed by atoms with Gasteiger partial charge in [0.05, 0.1) is 33.8 Å². The first-order chi connectivity index (χ1) is 21.8. The lowest BCUT2D eigenvalue weighted by Crippen LogP contribution is -2.27. The summed E-state index contributed by atoms with van der Waals surface area (Å²) in [4.78, 5) is 24.7. The van der Waals surface area contributed by atoms with E-state index in [1.165, 1.54) is 42.5 Å². The van der Waals surface area contributed by atoms with Crippen molar-refractivity contribution >= 4 is 34.8 Å². The molecular formula is C30H16F9N3O5. The number of carboxylic acid groups (broad SMARTS) is 1. The van der Waals surface area contributed by atoms with Crippen LogP contribution < -0.4 is 15.1 Å². The highest BCUT2D eigenvalue weighted by molar-refractivity contribution is 6.55. The molecule has 8 nitrogen and oxygen atoms in total. The van der Waals surface area contributed by atoms with Gasteiger partial charge in [-0.25, -0.2) is 4.79 Å². The maximum Gasteiger partial charge on any atom is 0.511 e. The average Bonchev–Trinajstić information content (AvgIpc) is 3.25. The highest BCUT2D eigenvalue weighted by atomic mass is 19.4. The molecule has 4 aromatic carbocycles. The standard InChI is InChI=1S/C30H16F9N3O5/c31-28(32,33)15-7-8-21-23(13-15)42(18-11-16(29(34,35)36)10-17(12-18)30(37,38)39)26(44)24(21)41-40-22-6-2-5-20(25(22)43)14-3-1-4-19(9-14)47-27(45)46/h1-13,40,43H,(H,45,46). The van der Waals surface area contributed by atoms with Gasteiger partial charge in [0, 0.05) is 11.1 Å². The number of hydrazone groups is 1. The molecule has 5 rings (SSSR count). The number of benzene rings is 4. The van der Waals surface area contributed by atoms with E-state index in [0.717, 1.165) is 6.07 Å². The Morgan fingerprint density at radius 3 is 1.96 bits per heavy atom. The Balaban J connectivity index is 1.61. The number of aromatic hydroxyl groups is 1. The summed E-state index contributed by atoms with van der Waals surface area (Å²) in [6.45, 7) is 0. The Kier molecular flexibility index (Phi) is 8.03. The zero-order chi connectivity index (χ0) is 34.5. The van der Waals surface area contributed by atoms with Crippen LogP contribution in [0.5, 0.6) is 11.5 Å². The van der Waals surface area contributed by atoms with Gasteiger partial charge in [0.2, 0.25) is 0 Å². The van der Waals surface area contributed by atoms with Crippen LogP contribution in [0.15, 0.2) is 84.0 Å². The summed E-state index contributed by atoms with van der Waals surface area (Å²) in [5.74, 6) is -1.98. The summed E-state index contributed by atoms with van der Waals surface area (Å²) in [6, 6.07) is 11.4. The summed E-state index contributed by atoms with van der Waals surface area (Å²) >= 11 is 0. The second kappa shape index (κ2) is 11.6. The number of ether oxygens (including phenoxy) is 1. The summed E-state index contributed by atoms with van der Waals surface area (Å²) in [5.41, 5.74) is -5.28. The van der Waals surface area contributed by atoms with Gasteiger partial charge < -0.3 is 14.9 Å². The minimum Gasteiger partial charge on any atom is -0.505 e. The van der Waals surface area contributed by atoms with Crippen molar-refractivity contribution in [2.24, 2.45) is 5.10 Å². The molecule has 0 bridgehead atoms. The van der Waals surface area contributed by atoms with Crippen LogP contribution in [0.1, 0.15) is 22.3 Å². The number of nitrogens with one attached hydrogen (secondary N) is 1. The number of nitrogens with zero attached hydrogens (tertiary/aromatic N) is 2. The van der Waals surface area contributed by atoms with Gasteiger partial charge in [-0.05, 0) is 60.2 Å². The summed E-state index contributed by atoms with van der Waals surface area (Å²) in [7, 11) is 0. The molecule has 0 fully saturated rings. The number of phenolic OH excluding ortho intramolecular Hbond substituents is 1. The van der Waals surface area contributed by atoms with Gasteiger partial charge in [0.15, 0.2) is 5.71 Å². The maximum atomic E-state index is 13.6. The highest BCUT2D eigenvalue weighted by Crippen LogP contribution is 2.44. The summed E-state index contributed by atoms with van der Waals surface area (Å²) in [5, 5.41) is 23.6. The van der Waals surface area contributed by atoms with Gasteiger partial charge in [0.25, 0.3) is 5.91 Å². The zero-order valence-electron chi connectivity index (χ0n) is 22.9. The van der Waals surface area contributed by atoms with Crippen LogP contribution in [0.3, 0.4) is 0 Å². The highest BCUT2D eigenvalue weighted by Gasteiger charge is 2.42. The third-order valence-corrected chi connectivity index (χ3v) is 6.73. The molecule has 1 aliphatic heterocycles. The van der Waals surface area contributed by atoms with Crippen LogP contribution in [-0.2, 0) is 23.3 Å². The van der Waals surface area contributed by atoms with Gasteiger partial charge in [0.1, 0.15) is 11.5 Å². The number of hydrogen-bond acceptors (Lipinski definition) is 6. The number of phenols is 1. The molecule has 0 spiro atoms. The molecule has 0 atom stereocenters. The zero-order valence-corrected chi connectivity index (χ0v) is 22.9. The number of alkyl halides is 9. The molecule has 1 amide bonds. The van der Waals surface area contributed by atoms with Crippen LogP contribution in [0.4, 0.5) is 61.4 Å². The molecule has 17 heteroatoms. The average molecular weight is 669 g/mol. The first kappa shape index (κ1) is 32.6. The van der Waals surface area contributed by atoms with E-state index in [1.807, 2.05) is 0 Å². The third-order valence-electron chi connectivity index (χ3n) is 6.73. The molecule has 0 saturated heterocycles. The largest absolute Gasteiger partial charge is 0.511 e. The lowest BCUT2D eigenvalue weighted by molar-refractivity contribution is -0.143. The molecule has 244 valence electrons. The van der Waals surface area contributed by atoms with Crippen molar-refractivity contribution in [3.63, 3.8) is 0 Å². The molecule has 1 heterocycles. The number of carbonyl (C=O) groups excluding carboxylic acids is 1. The molecule has 3 N–H and O–H groups in total. The fourth-order valence-corrected chi connectivity index (χ4v) is 4.67. The number of fused-ring (bicyclic) bond motifs is 1. The fraction of sp³-hybridized carbons (Fsp3) is 0.100. The Hall–Kier alpha value is -5.74. The SMILES string of the molecule is O=C(O)Oc1cccc(-c2cccc(NN=C3C(=O)N(c4cc(C(F)(F)F)cc(C(F)(F)F)c4)c4cc(C(F)(F)F)ccc43)c2O)c1. The summed E-state index contributed by atoms with van der Waals surface area (Å²) < 4.78 is 127. The van der Waals surface area contributed by atoms with E-state index in [1.54, 1.807) is 0 Å². The number of hydrogen-bond donors (Lipinski definition) is 3. The van der Waals surface area contributed by atoms with Crippen molar-refractivity contribution in [2.45, 2.75) is 18.5 Å². The van der Waals surface area contributed by atoms with Crippen molar-refractivity contribution in [3.8, 4) is 22.6 Å². The number of rotatable bonds is 5. The monoisotopic (exact) mass is 669 g/mol. The van der Waals surface area contributed by atoms with Crippen molar-refractivity contribution in [1.29, 1.82) is 0 Å². The minimum absolute atomic E-state index is 0.0947. The van der Waals surface area contributed by atoms with Crippen molar-refractivity contribution in [3.05, 3.63) is 101 Å². The predicted octanol–water partition coefficient (Wildman–Crippen LogP) is 8.67. The molecule has 0 radical (unpaired) electrons. The van der Waals surface area contributed by atoms with Gasteiger partial charge >= 0.3 is 24.7 Å². The number of anilines is 3. The second-order valence-corrected chi connectivity index (χ2v) is 9.80. The minimum atomic E-state index is -5.32. The van der Waals surface area contributed by atoms with Gasteiger partial charge in [-0.2, -0.15) is 44.6 Å². The molecule has 0 saturated carbocycles. The predicted molar refractivity (Wildman–Crippen MR) is 147 cm³/mol. The normalized spacial score (nSPS) is 14.4.